The minimum atomic E-state index is 0.157. The summed E-state index contributed by atoms with van der Waals surface area (Å²) in [5.41, 5.74) is 3.99. The zero-order chi connectivity index (χ0) is 14.2. The van der Waals surface area contributed by atoms with Gasteiger partial charge in [0.1, 0.15) is 5.76 Å². The highest BCUT2D eigenvalue weighted by atomic mass is 16.4. The summed E-state index contributed by atoms with van der Waals surface area (Å²) in [7, 11) is 0. The number of nitrogens with zero attached hydrogens (tertiary/aromatic N) is 1. The van der Waals surface area contributed by atoms with E-state index in [0.29, 0.717) is 11.8 Å². The maximum Gasteiger partial charge on any atom is 0.226 e. The molecule has 1 aromatic heterocycles. The highest BCUT2D eigenvalue weighted by Crippen LogP contribution is 2.33. The van der Waals surface area contributed by atoms with Gasteiger partial charge >= 0.3 is 0 Å². The van der Waals surface area contributed by atoms with Crippen LogP contribution >= 0.6 is 0 Å². The molecular weight excluding hydrogens is 234 g/mol. The van der Waals surface area contributed by atoms with Gasteiger partial charge in [-0.3, -0.25) is 0 Å². The average molecular weight is 257 g/mol. The quantitative estimate of drug-likeness (QED) is 0.750. The van der Waals surface area contributed by atoms with Crippen molar-refractivity contribution in [3.8, 4) is 11.5 Å². The first kappa shape index (κ1) is 13.9. The largest absolute Gasteiger partial charge is 0.441 e. The predicted octanol–water partition coefficient (Wildman–Crippen LogP) is 5.07. The molecule has 0 aliphatic rings. The summed E-state index contributed by atoms with van der Waals surface area (Å²) in [4.78, 5) is 4.31. The van der Waals surface area contributed by atoms with Gasteiger partial charge in [-0.25, -0.2) is 4.98 Å². The van der Waals surface area contributed by atoms with Crippen LogP contribution in [0.25, 0.3) is 11.5 Å². The summed E-state index contributed by atoms with van der Waals surface area (Å²) in [6.07, 6.45) is 1.77. The van der Waals surface area contributed by atoms with Crippen LogP contribution in [0.3, 0.4) is 0 Å². The van der Waals surface area contributed by atoms with Crippen molar-refractivity contribution < 1.29 is 4.42 Å². The van der Waals surface area contributed by atoms with E-state index in [1.54, 1.807) is 6.20 Å². The molecule has 0 atom stereocenters. The molecule has 2 heteroatoms. The number of oxazole rings is 1. The second kappa shape index (κ2) is 4.84. The van der Waals surface area contributed by atoms with E-state index in [4.69, 9.17) is 4.42 Å². The van der Waals surface area contributed by atoms with Gasteiger partial charge in [0.2, 0.25) is 5.89 Å². The Balaban J connectivity index is 2.54. The van der Waals surface area contributed by atoms with Crippen LogP contribution in [-0.2, 0) is 5.41 Å². The van der Waals surface area contributed by atoms with Crippen LogP contribution in [0.15, 0.2) is 28.8 Å². The Labute approximate surface area is 115 Å². The van der Waals surface area contributed by atoms with Crippen molar-refractivity contribution in [3.05, 3.63) is 41.3 Å². The molecule has 0 aliphatic carbocycles. The second-order valence-electron chi connectivity index (χ2n) is 6.48. The lowest BCUT2D eigenvalue weighted by molar-refractivity contribution is 0.541. The lowest BCUT2D eigenvalue weighted by atomic mass is 9.80. The molecule has 0 radical (unpaired) electrons. The number of hydrogen-bond acceptors (Lipinski definition) is 2. The molecule has 0 spiro atoms. The zero-order valence-electron chi connectivity index (χ0n) is 12.7. The Morgan fingerprint density at radius 1 is 1.16 bits per heavy atom. The molecule has 0 N–H and O–H groups in total. The van der Waals surface area contributed by atoms with Gasteiger partial charge in [0.25, 0.3) is 0 Å². The first-order valence-corrected chi connectivity index (χ1v) is 6.86. The van der Waals surface area contributed by atoms with Gasteiger partial charge < -0.3 is 4.42 Å². The Bertz CT molecular complexity index is 573. The van der Waals surface area contributed by atoms with Gasteiger partial charge in [-0.2, -0.15) is 0 Å². The standard InChI is InChI=1S/C17H23NO/c1-11(2)14-9-13(16-18-10-12(3)19-16)7-8-15(14)17(4,5)6/h7-11H,1-6H3. The smallest absolute Gasteiger partial charge is 0.226 e. The molecule has 1 heterocycles. The van der Waals surface area contributed by atoms with E-state index in [9.17, 15) is 0 Å². The lowest BCUT2D eigenvalue weighted by Crippen LogP contribution is -2.15. The van der Waals surface area contributed by atoms with Gasteiger partial charge in [-0.1, -0.05) is 40.7 Å². The molecule has 2 aromatic rings. The summed E-state index contributed by atoms with van der Waals surface area (Å²) in [5, 5.41) is 0. The van der Waals surface area contributed by atoms with Gasteiger partial charge in [0.15, 0.2) is 0 Å². The molecule has 102 valence electrons. The Hall–Kier alpha value is -1.57. The van der Waals surface area contributed by atoms with E-state index in [1.807, 2.05) is 6.92 Å². The summed E-state index contributed by atoms with van der Waals surface area (Å²) in [6, 6.07) is 6.54. The van der Waals surface area contributed by atoms with E-state index < -0.39 is 0 Å². The van der Waals surface area contributed by atoms with Crippen molar-refractivity contribution in [2.75, 3.05) is 0 Å². The minimum Gasteiger partial charge on any atom is -0.441 e. The van der Waals surface area contributed by atoms with Crippen molar-refractivity contribution >= 4 is 0 Å². The van der Waals surface area contributed by atoms with Crippen molar-refractivity contribution in [3.63, 3.8) is 0 Å². The van der Waals surface area contributed by atoms with E-state index in [-0.39, 0.29) is 5.41 Å². The third-order valence-electron chi connectivity index (χ3n) is 3.35. The molecule has 0 saturated heterocycles. The Morgan fingerprint density at radius 3 is 2.32 bits per heavy atom. The van der Waals surface area contributed by atoms with Crippen molar-refractivity contribution in [2.24, 2.45) is 0 Å². The lowest BCUT2D eigenvalue weighted by Gasteiger charge is -2.25. The fourth-order valence-corrected chi connectivity index (χ4v) is 2.34. The maximum absolute atomic E-state index is 5.62. The first-order chi connectivity index (χ1) is 8.79. The molecular formula is C17H23NO. The third-order valence-corrected chi connectivity index (χ3v) is 3.35. The zero-order valence-corrected chi connectivity index (χ0v) is 12.7. The molecule has 0 fully saturated rings. The first-order valence-electron chi connectivity index (χ1n) is 6.86. The van der Waals surface area contributed by atoms with Gasteiger partial charge in [0, 0.05) is 5.56 Å². The monoisotopic (exact) mass is 257 g/mol. The Kier molecular flexibility index (Phi) is 3.53. The number of hydrogen-bond donors (Lipinski definition) is 0. The van der Waals surface area contributed by atoms with Crippen molar-refractivity contribution in [1.29, 1.82) is 0 Å². The average Bonchev–Trinajstić information content (AvgIpc) is 2.74. The summed E-state index contributed by atoms with van der Waals surface area (Å²) < 4.78 is 5.62. The van der Waals surface area contributed by atoms with Crippen molar-refractivity contribution in [2.45, 2.75) is 52.9 Å². The Morgan fingerprint density at radius 2 is 1.84 bits per heavy atom. The van der Waals surface area contributed by atoms with E-state index >= 15 is 0 Å². The van der Waals surface area contributed by atoms with Gasteiger partial charge in [0.05, 0.1) is 6.20 Å². The molecule has 0 aliphatic heterocycles. The topological polar surface area (TPSA) is 26.0 Å². The van der Waals surface area contributed by atoms with Crippen LogP contribution in [-0.4, -0.2) is 4.98 Å². The molecule has 0 unspecified atom stereocenters. The highest BCUT2D eigenvalue weighted by molar-refractivity contribution is 5.57. The van der Waals surface area contributed by atoms with E-state index in [2.05, 4.69) is 57.8 Å². The number of aryl methyl sites for hydroxylation is 1. The third kappa shape index (κ3) is 2.89. The minimum absolute atomic E-state index is 0.157. The molecule has 19 heavy (non-hydrogen) atoms. The maximum atomic E-state index is 5.62. The molecule has 0 bridgehead atoms. The van der Waals surface area contributed by atoms with Gasteiger partial charge in [-0.05, 0) is 41.5 Å². The second-order valence-corrected chi connectivity index (χ2v) is 6.48. The molecule has 0 saturated carbocycles. The van der Waals surface area contributed by atoms with Crippen LogP contribution in [0, 0.1) is 6.92 Å². The van der Waals surface area contributed by atoms with Gasteiger partial charge in [-0.15, -0.1) is 0 Å². The number of benzene rings is 1. The molecule has 2 rings (SSSR count). The van der Waals surface area contributed by atoms with Crippen LogP contribution in [0.1, 0.15) is 57.4 Å². The van der Waals surface area contributed by atoms with E-state index in [1.165, 1.54) is 11.1 Å². The normalized spacial score (nSPS) is 12.2. The molecule has 2 nitrogen and oxygen atoms in total. The summed E-state index contributed by atoms with van der Waals surface area (Å²) >= 11 is 0. The molecule has 0 amide bonds. The summed E-state index contributed by atoms with van der Waals surface area (Å²) in [6.45, 7) is 13.1. The SMILES string of the molecule is Cc1cnc(-c2ccc(C(C)(C)C)c(C(C)C)c2)o1. The number of rotatable bonds is 2. The van der Waals surface area contributed by atoms with E-state index in [0.717, 1.165) is 11.3 Å². The highest BCUT2D eigenvalue weighted by Gasteiger charge is 2.20. The van der Waals surface area contributed by atoms with Crippen LogP contribution in [0.5, 0.6) is 0 Å². The van der Waals surface area contributed by atoms with Crippen LogP contribution < -0.4 is 0 Å². The molecule has 1 aromatic carbocycles. The fraction of sp³-hybridized carbons (Fsp3) is 0.471. The summed E-state index contributed by atoms with van der Waals surface area (Å²) in [5.74, 6) is 2.05. The predicted molar refractivity (Wildman–Crippen MR) is 79.5 cm³/mol. The van der Waals surface area contributed by atoms with Crippen LogP contribution in [0.4, 0.5) is 0 Å². The van der Waals surface area contributed by atoms with Crippen LogP contribution in [0.2, 0.25) is 0 Å². The van der Waals surface area contributed by atoms with Crippen molar-refractivity contribution in [1.82, 2.24) is 4.98 Å². The fourth-order valence-electron chi connectivity index (χ4n) is 2.34. The number of aromatic nitrogens is 1.